The van der Waals surface area contributed by atoms with Crippen molar-refractivity contribution in [2.45, 2.75) is 19.8 Å². The topological polar surface area (TPSA) is 39.0 Å². The first-order valence-corrected chi connectivity index (χ1v) is 11.3. The molecule has 164 valence electrons. The zero-order valence-corrected chi connectivity index (χ0v) is 19.1. The van der Waals surface area contributed by atoms with Gasteiger partial charge >= 0.3 is 0 Å². The Morgan fingerprint density at radius 2 is 1.11 bits per heavy atom. The van der Waals surface area contributed by atoms with Gasteiger partial charge in [0.1, 0.15) is 0 Å². The Bertz CT molecular complexity index is 1600. The van der Waals surface area contributed by atoms with E-state index in [0.717, 1.165) is 45.9 Å². The summed E-state index contributed by atoms with van der Waals surface area (Å²) in [6.45, 7) is 17.1. The van der Waals surface area contributed by atoms with Gasteiger partial charge in [0.05, 0.1) is 47.5 Å². The van der Waals surface area contributed by atoms with Gasteiger partial charge in [0.2, 0.25) is 0 Å². The molecule has 5 heteroatoms. The molecule has 2 aliphatic heterocycles. The number of nitrogens with zero attached hydrogens (tertiary/aromatic N) is 5. The van der Waals surface area contributed by atoms with Crippen LogP contribution in [-0.2, 0) is 12.8 Å². The van der Waals surface area contributed by atoms with Gasteiger partial charge in [0, 0.05) is 12.8 Å². The maximum Gasteiger partial charge on any atom is 0.187 e. The summed E-state index contributed by atoms with van der Waals surface area (Å²) in [5, 5.41) is 14.0. The van der Waals surface area contributed by atoms with Gasteiger partial charge in [-0.25, -0.2) is 19.7 Å². The number of hydrogen-bond acceptors (Lipinski definition) is 3. The lowest BCUT2D eigenvalue weighted by atomic mass is 9.92. The fraction of sp³-hybridized carbons (Fsp3) is 0.100. The minimum atomic E-state index is 0.598. The second kappa shape index (κ2) is 7.77. The Kier molecular flexibility index (Phi) is 4.56. The van der Waals surface area contributed by atoms with Crippen LogP contribution in [0.3, 0.4) is 0 Å². The van der Waals surface area contributed by atoms with Gasteiger partial charge in [0.25, 0.3) is 0 Å². The van der Waals surface area contributed by atoms with Crippen molar-refractivity contribution in [3.63, 3.8) is 0 Å². The molecule has 0 radical (unpaired) electrons. The maximum absolute atomic E-state index is 9.53. The molecule has 35 heavy (non-hydrogen) atoms. The zero-order valence-electron chi connectivity index (χ0n) is 19.1. The highest BCUT2D eigenvalue weighted by Crippen LogP contribution is 2.49. The number of nitriles is 1. The predicted molar refractivity (Wildman–Crippen MR) is 138 cm³/mol. The van der Waals surface area contributed by atoms with Gasteiger partial charge < -0.3 is 0 Å². The highest BCUT2D eigenvalue weighted by molar-refractivity contribution is 5.87. The average Bonchev–Trinajstić information content (AvgIpc) is 2.89. The van der Waals surface area contributed by atoms with Crippen molar-refractivity contribution in [2.24, 2.45) is 0 Å². The van der Waals surface area contributed by atoms with Crippen LogP contribution in [0.25, 0.3) is 9.69 Å². The van der Waals surface area contributed by atoms with E-state index in [9.17, 15) is 5.26 Å². The van der Waals surface area contributed by atoms with E-state index in [1.807, 2.05) is 54.6 Å². The molecular formula is C30H19N5. The maximum atomic E-state index is 9.53. The first-order chi connectivity index (χ1) is 17.1. The van der Waals surface area contributed by atoms with Crippen molar-refractivity contribution >= 4 is 34.1 Å². The SMILES string of the molecule is [C-]#[N+]c1ccc2c(c1)Cc1cc(C)ccc1N2N1c2ccc(C#N)cc2Cc2cc([N+]#[C-])ccc21. The highest BCUT2D eigenvalue weighted by atomic mass is 15.6. The summed E-state index contributed by atoms with van der Waals surface area (Å²) in [6, 6.07) is 26.2. The Hall–Kier alpha value is -5.05. The number of anilines is 4. The molecule has 0 unspecified atom stereocenters. The third-order valence-electron chi connectivity index (χ3n) is 6.70. The van der Waals surface area contributed by atoms with E-state index < -0.39 is 0 Å². The third kappa shape index (κ3) is 3.21. The lowest BCUT2D eigenvalue weighted by molar-refractivity contribution is 0.903. The number of fused-ring (bicyclic) bond motifs is 4. The molecule has 2 aliphatic rings. The summed E-state index contributed by atoms with van der Waals surface area (Å²) >= 11 is 0. The first-order valence-electron chi connectivity index (χ1n) is 11.3. The average molecular weight is 450 g/mol. The minimum Gasteiger partial charge on any atom is -0.249 e. The molecule has 0 saturated carbocycles. The second-order valence-corrected chi connectivity index (χ2v) is 8.91. The minimum absolute atomic E-state index is 0.598. The Morgan fingerprint density at radius 1 is 0.657 bits per heavy atom. The summed E-state index contributed by atoms with van der Waals surface area (Å²) in [5.41, 5.74) is 11.5. The van der Waals surface area contributed by atoms with E-state index in [2.05, 4.69) is 50.9 Å². The van der Waals surface area contributed by atoms with Gasteiger partial charge in [-0.15, -0.1) is 0 Å². The van der Waals surface area contributed by atoms with Crippen molar-refractivity contribution in [3.05, 3.63) is 129 Å². The van der Waals surface area contributed by atoms with Crippen LogP contribution >= 0.6 is 0 Å². The molecule has 0 aromatic heterocycles. The van der Waals surface area contributed by atoms with E-state index in [0.29, 0.717) is 23.4 Å². The molecule has 0 amide bonds. The van der Waals surface area contributed by atoms with Gasteiger partial charge in [0.15, 0.2) is 11.4 Å². The molecule has 4 aromatic carbocycles. The van der Waals surface area contributed by atoms with E-state index in [-0.39, 0.29) is 0 Å². The van der Waals surface area contributed by atoms with Crippen molar-refractivity contribution < 1.29 is 0 Å². The van der Waals surface area contributed by atoms with Crippen molar-refractivity contribution in [1.82, 2.24) is 0 Å². The fourth-order valence-corrected chi connectivity index (χ4v) is 5.15. The van der Waals surface area contributed by atoms with Crippen LogP contribution in [-0.4, -0.2) is 0 Å². The van der Waals surface area contributed by atoms with Gasteiger partial charge in [-0.2, -0.15) is 5.26 Å². The van der Waals surface area contributed by atoms with E-state index in [1.54, 1.807) is 0 Å². The number of hydrogen-bond donors (Lipinski definition) is 0. The monoisotopic (exact) mass is 449 g/mol. The van der Waals surface area contributed by atoms with Crippen molar-refractivity contribution in [3.8, 4) is 6.07 Å². The highest BCUT2D eigenvalue weighted by Gasteiger charge is 2.33. The van der Waals surface area contributed by atoms with Gasteiger partial charge in [-0.1, -0.05) is 42.0 Å². The van der Waals surface area contributed by atoms with Crippen molar-refractivity contribution in [2.75, 3.05) is 10.0 Å². The summed E-state index contributed by atoms with van der Waals surface area (Å²) in [6.07, 6.45) is 1.40. The summed E-state index contributed by atoms with van der Waals surface area (Å²) in [4.78, 5) is 7.30. The molecule has 4 aromatic rings. The summed E-state index contributed by atoms with van der Waals surface area (Å²) in [7, 11) is 0. The summed E-state index contributed by atoms with van der Waals surface area (Å²) < 4.78 is 0. The Balaban J connectivity index is 1.65. The molecule has 0 N–H and O–H groups in total. The van der Waals surface area contributed by atoms with Crippen molar-refractivity contribution in [1.29, 1.82) is 5.26 Å². The van der Waals surface area contributed by atoms with Crippen LogP contribution in [0.5, 0.6) is 0 Å². The van der Waals surface area contributed by atoms with E-state index >= 15 is 0 Å². The molecule has 0 atom stereocenters. The van der Waals surface area contributed by atoms with Crippen LogP contribution in [0.1, 0.15) is 33.4 Å². The standard InChI is InChI=1S/C30H19N5/c1-19-4-8-27-21(12-19)14-23-16-25(32-2)6-10-29(23)34(27)35-28-9-5-20(18-31)13-22(28)15-24-17-26(33-3)7-11-30(24)35/h4-13,16-17H,14-15H2,1H3. The predicted octanol–water partition coefficient (Wildman–Crippen LogP) is 7.67. The van der Waals surface area contributed by atoms with E-state index in [4.69, 9.17) is 13.1 Å². The van der Waals surface area contributed by atoms with Gasteiger partial charge in [-0.3, -0.25) is 0 Å². The van der Waals surface area contributed by atoms with Crippen LogP contribution < -0.4 is 10.0 Å². The molecule has 2 heterocycles. The molecular weight excluding hydrogens is 430 g/mol. The van der Waals surface area contributed by atoms with Crippen LogP contribution in [0.15, 0.2) is 72.8 Å². The second-order valence-electron chi connectivity index (χ2n) is 8.91. The quantitative estimate of drug-likeness (QED) is 0.280. The number of benzene rings is 4. The van der Waals surface area contributed by atoms with Gasteiger partial charge in [-0.05, 0) is 65.6 Å². The lowest BCUT2D eigenvalue weighted by Crippen LogP contribution is -2.41. The molecule has 0 aliphatic carbocycles. The molecule has 0 spiro atoms. The molecule has 5 nitrogen and oxygen atoms in total. The number of hydrazine groups is 1. The normalized spacial score (nSPS) is 12.9. The fourth-order valence-electron chi connectivity index (χ4n) is 5.15. The molecule has 0 bridgehead atoms. The smallest absolute Gasteiger partial charge is 0.187 e. The van der Waals surface area contributed by atoms with Crippen LogP contribution in [0.2, 0.25) is 0 Å². The number of aryl methyl sites for hydroxylation is 1. The summed E-state index contributed by atoms with van der Waals surface area (Å²) in [5.74, 6) is 0. The zero-order chi connectivity index (χ0) is 24.1. The Morgan fingerprint density at radius 3 is 1.63 bits per heavy atom. The molecule has 6 rings (SSSR count). The third-order valence-corrected chi connectivity index (χ3v) is 6.70. The molecule has 0 fully saturated rings. The largest absolute Gasteiger partial charge is 0.249 e. The van der Waals surface area contributed by atoms with Crippen LogP contribution in [0.4, 0.5) is 34.1 Å². The number of rotatable bonds is 1. The Labute approximate surface area is 204 Å². The van der Waals surface area contributed by atoms with Crippen LogP contribution in [0, 0.1) is 31.4 Å². The molecule has 0 saturated heterocycles. The van der Waals surface area contributed by atoms with E-state index in [1.165, 1.54) is 11.1 Å². The first kappa shape index (κ1) is 20.5. The lowest BCUT2D eigenvalue weighted by Gasteiger charge is -2.45.